The minimum Gasteiger partial charge on any atom is -0.494 e. The van der Waals surface area contributed by atoms with Crippen LogP contribution in [-0.4, -0.2) is 31.3 Å². The van der Waals surface area contributed by atoms with Crippen LogP contribution in [0.5, 0.6) is 11.5 Å². The fourth-order valence-corrected chi connectivity index (χ4v) is 3.33. The third-order valence-corrected chi connectivity index (χ3v) is 5.14. The molecular weight excluding hydrogens is 501 g/mol. The van der Waals surface area contributed by atoms with Gasteiger partial charge in [-0.15, -0.1) is 0 Å². The lowest BCUT2D eigenvalue weighted by molar-refractivity contribution is -0.138. The topological polar surface area (TPSA) is 114 Å². The molecule has 3 rings (SSSR count). The summed E-state index contributed by atoms with van der Waals surface area (Å²) in [7, 11) is 0. The molecule has 3 aromatic carbocycles. The summed E-state index contributed by atoms with van der Waals surface area (Å²) in [5.41, 5.74) is 14.4. The summed E-state index contributed by atoms with van der Waals surface area (Å²) in [4.78, 5) is 24.3. The molecule has 7 nitrogen and oxygen atoms in total. The number of halogens is 3. The van der Waals surface area contributed by atoms with Crippen molar-refractivity contribution < 1.29 is 37.0 Å². The van der Waals surface area contributed by atoms with Crippen LogP contribution in [-0.2, 0) is 16.0 Å². The van der Waals surface area contributed by atoms with Crippen molar-refractivity contribution in [1.29, 1.82) is 0 Å². The highest BCUT2D eigenvalue weighted by Crippen LogP contribution is 2.22. The van der Waals surface area contributed by atoms with Gasteiger partial charge in [-0.1, -0.05) is 12.1 Å². The number of nitrogen functional groups attached to an aromatic ring is 2. The Bertz CT molecular complexity index is 1240. The molecule has 0 saturated heterocycles. The molecule has 0 radical (unpaired) electrons. The van der Waals surface area contributed by atoms with Crippen LogP contribution in [0.15, 0.2) is 72.8 Å². The van der Waals surface area contributed by atoms with Crippen LogP contribution in [0, 0.1) is 0 Å². The Labute approximate surface area is 217 Å². The molecule has 0 aromatic heterocycles. The fourth-order valence-electron chi connectivity index (χ4n) is 3.33. The number of carbonyl (C=O) groups excluding carboxylic acids is 2. The second kappa shape index (κ2) is 13.2. The molecule has 0 amide bonds. The third kappa shape index (κ3) is 9.88. The van der Waals surface area contributed by atoms with E-state index in [-0.39, 0.29) is 25.2 Å². The first-order chi connectivity index (χ1) is 18.1. The molecule has 0 unspecified atom stereocenters. The number of rotatable bonds is 11. The predicted molar refractivity (Wildman–Crippen MR) is 138 cm³/mol. The van der Waals surface area contributed by atoms with Gasteiger partial charge in [0.2, 0.25) is 0 Å². The van der Waals surface area contributed by atoms with Gasteiger partial charge in [0, 0.05) is 30.3 Å². The molecule has 200 valence electrons. The minimum atomic E-state index is -4.22. The van der Waals surface area contributed by atoms with Crippen molar-refractivity contribution in [2.75, 3.05) is 24.7 Å². The van der Waals surface area contributed by atoms with Crippen molar-refractivity contribution in [3.63, 3.8) is 0 Å². The summed E-state index contributed by atoms with van der Waals surface area (Å²) >= 11 is 0. The summed E-state index contributed by atoms with van der Waals surface area (Å²) in [6.07, 6.45) is -1.95. The van der Waals surface area contributed by atoms with E-state index >= 15 is 0 Å². The van der Waals surface area contributed by atoms with Crippen LogP contribution in [0.3, 0.4) is 0 Å². The number of carbonyl (C=O) groups is 2. The number of alkyl halides is 3. The van der Waals surface area contributed by atoms with E-state index in [9.17, 15) is 22.8 Å². The Morgan fingerprint density at radius 2 is 1.47 bits per heavy atom. The van der Waals surface area contributed by atoms with Crippen LogP contribution in [0.1, 0.15) is 34.3 Å². The van der Waals surface area contributed by atoms with E-state index in [1.807, 2.05) is 0 Å². The zero-order valence-electron chi connectivity index (χ0n) is 20.4. The van der Waals surface area contributed by atoms with Gasteiger partial charge in [0.25, 0.3) is 0 Å². The second-order valence-corrected chi connectivity index (χ2v) is 8.31. The molecular formula is C28H27F3N2O5. The second-order valence-electron chi connectivity index (χ2n) is 8.31. The number of benzene rings is 3. The molecule has 10 heteroatoms. The Kier molecular flexibility index (Phi) is 9.75. The van der Waals surface area contributed by atoms with Gasteiger partial charge in [0.15, 0.2) is 0 Å². The molecule has 3 aromatic rings. The van der Waals surface area contributed by atoms with Crippen LogP contribution in [0.25, 0.3) is 6.08 Å². The Hall–Kier alpha value is -4.47. The molecule has 0 aliphatic rings. The van der Waals surface area contributed by atoms with Gasteiger partial charge in [0.05, 0.1) is 18.8 Å². The van der Waals surface area contributed by atoms with Crippen molar-refractivity contribution in [3.8, 4) is 11.5 Å². The first-order valence-corrected chi connectivity index (χ1v) is 11.7. The highest BCUT2D eigenvalue weighted by molar-refractivity contribution is 5.91. The molecule has 0 aliphatic heterocycles. The number of nitrogens with two attached hydrogens (primary N) is 2. The van der Waals surface area contributed by atoms with Crippen LogP contribution in [0.4, 0.5) is 24.5 Å². The molecule has 0 fully saturated rings. The molecule has 0 heterocycles. The van der Waals surface area contributed by atoms with E-state index in [0.29, 0.717) is 34.9 Å². The number of ether oxygens (including phenoxy) is 3. The van der Waals surface area contributed by atoms with Gasteiger partial charge < -0.3 is 25.7 Å². The van der Waals surface area contributed by atoms with Crippen molar-refractivity contribution >= 4 is 29.4 Å². The van der Waals surface area contributed by atoms with Crippen LogP contribution < -0.4 is 20.9 Å². The van der Waals surface area contributed by atoms with Gasteiger partial charge in [-0.25, -0.2) is 9.59 Å². The summed E-state index contributed by atoms with van der Waals surface area (Å²) in [6.45, 7) is 0.0900. The summed E-state index contributed by atoms with van der Waals surface area (Å²) in [5, 5.41) is 0. The van der Waals surface area contributed by atoms with Crippen molar-refractivity contribution in [2.45, 2.75) is 25.4 Å². The summed E-state index contributed by atoms with van der Waals surface area (Å²) < 4.78 is 52.3. The van der Waals surface area contributed by atoms with E-state index in [1.54, 1.807) is 48.5 Å². The van der Waals surface area contributed by atoms with Gasteiger partial charge in [-0.05, 0) is 78.2 Å². The Morgan fingerprint density at radius 1 is 0.842 bits per heavy atom. The Morgan fingerprint density at radius 3 is 2.11 bits per heavy atom. The van der Waals surface area contributed by atoms with E-state index in [4.69, 9.17) is 25.7 Å². The minimum absolute atomic E-state index is 0.0827. The average molecular weight is 529 g/mol. The molecule has 0 saturated carbocycles. The molecule has 0 aliphatic carbocycles. The maximum atomic E-state index is 12.4. The first-order valence-electron chi connectivity index (χ1n) is 11.7. The maximum Gasteiger partial charge on any atom is 0.389 e. The lowest BCUT2D eigenvalue weighted by Gasteiger charge is -2.09. The van der Waals surface area contributed by atoms with E-state index in [0.717, 1.165) is 5.56 Å². The summed E-state index contributed by atoms with van der Waals surface area (Å²) in [5.74, 6) is -0.468. The SMILES string of the molecule is Nc1cc(N)cc(CCOC(=O)C=Cc2ccc(OC(=O)c3ccc(OCCCC(F)(F)F)cc3)cc2)c1. The number of anilines is 2. The number of hydrogen-bond acceptors (Lipinski definition) is 7. The van der Waals surface area contributed by atoms with Crippen molar-refractivity contribution in [1.82, 2.24) is 0 Å². The van der Waals surface area contributed by atoms with Crippen molar-refractivity contribution in [3.05, 3.63) is 89.5 Å². The highest BCUT2D eigenvalue weighted by atomic mass is 19.4. The molecule has 0 bridgehead atoms. The molecule has 0 spiro atoms. The standard InChI is InChI=1S/C28H27F3N2O5/c29-28(30,31)13-1-14-36-24-9-5-21(6-10-24)27(35)38-25-7-2-19(3-8-25)4-11-26(34)37-15-12-20-16-22(32)18-23(33)17-20/h2-11,16-18H,1,12-15,32-33H2. The lowest BCUT2D eigenvalue weighted by Crippen LogP contribution is -2.10. The smallest absolute Gasteiger partial charge is 0.389 e. The number of esters is 2. The van der Waals surface area contributed by atoms with E-state index in [2.05, 4.69) is 0 Å². The molecule has 4 N–H and O–H groups in total. The van der Waals surface area contributed by atoms with Gasteiger partial charge in [-0.3, -0.25) is 0 Å². The highest BCUT2D eigenvalue weighted by Gasteiger charge is 2.26. The largest absolute Gasteiger partial charge is 0.494 e. The number of hydrogen-bond donors (Lipinski definition) is 2. The van der Waals surface area contributed by atoms with Gasteiger partial charge in [-0.2, -0.15) is 13.2 Å². The Balaban J connectivity index is 1.42. The van der Waals surface area contributed by atoms with Crippen molar-refractivity contribution in [2.24, 2.45) is 0 Å². The quantitative estimate of drug-likeness (QED) is 0.110. The maximum absolute atomic E-state index is 12.4. The van der Waals surface area contributed by atoms with Gasteiger partial charge in [0.1, 0.15) is 11.5 Å². The van der Waals surface area contributed by atoms with Gasteiger partial charge >= 0.3 is 18.1 Å². The van der Waals surface area contributed by atoms with E-state index in [1.165, 1.54) is 30.3 Å². The lowest BCUT2D eigenvalue weighted by atomic mass is 10.1. The zero-order valence-corrected chi connectivity index (χ0v) is 20.4. The zero-order chi connectivity index (χ0) is 27.5. The summed E-state index contributed by atoms with van der Waals surface area (Å²) in [6, 6.07) is 17.6. The first kappa shape index (κ1) is 28.1. The predicted octanol–water partition coefficient (Wildman–Crippen LogP) is 5.59. The third-order valence-electron chi connectivity index (χ3n) is 5.14. The average Bonchev–Trinajstić information content (AvgIpc) is 2.85. The fraction of sp³-hybridized carbons (Fsp3) is 0.214. The molecule has 38 heavy (non-hydrogen) atoms. The van der Waals surface area contributed by atoms with Crippen LogP contribution >= 0.6 is 0 Å². The molecule has 0 atom stereocenters. The van der Waals surface area contributed by atoms with E-state index < -0.39 is 24.5 Å². The van der Waals surface area contributed by atoms with Crippen LogP contribution in [0.2, 0.25) is 0 Å². The normalized spacial score (nSPS) is 11.3. The monoisotopic (exact) mass is 528 g/mol.